The highest BCUT2D eigenvalue weighted by molar-refractivity contribution is 4.84. The van der Waals surface area contributed by atoms with Crippen LogP contribution < -0.4 is 5.32 Å². The summed E-state index contributed by atoms with van der Waals surface area (Å²) in [6, 6.07) is 0.462. The van der Waals surface area contributed by atoms with Crippen molar-refractivity contribution in [2.45, 2.75) is 64.5 Å². The van der Waals surface area contributed by atoms with E-state index in [2.05, 4.69) is 26.1 Å². The first-order chi connectivity index (χ1) is 6.58. The van der Waals surface area contributed by atoms with E-state index in [4.69, 9.17) is 4.74 Å². The summed E-state index contributed by atoms with van der Waals surface area (Å²) >= 11 is 0. The van der Waals surface area contributed by atoms with Crippen molar-refractivity contribution in [2.75, 3.05) is 14.2 Å². The van der Waals surface area contributed by atoms with Crippen LogP contribution in [-0.4, -0.2) is 25.8 Å². The average molecular weight is 201 g/mol. The lowest BCUT2D eigenvalue weighted by Gasteiger charge is -2.33. The Morgan fingerprint density at radius 1 is 1.21 bits per heavy atom. The first-order valence-electron chi connectivity index (χ1n) is 5.81. The second-order valence-corrected chi connectivity index (χ2v) is 4.50. The maximum atomic E-state index is 5.49. The zero-order chi connectivity index (χ0) is 11.0. The summed E-state index contributed by atoms with van der Waals surface area (Å²) in [5, 5.41) is 3.35. The van der Waals surface area contributed by atoms with Gasteiger partial charge in [-0.2, -0.15) is 0 Å². The van der Waals surface area contributed by atoms with Gasteiger partial charge in [0.2, 0.25) is 0 Å². The van der Waals surface area contributed by atoms with Gasteiger partial charge in [0, 0.05) is 13.2 Å². The van der Waals surface area contributed by atoms with Crippen LogP contribution in [0.1, 0.15) is 52.9 Å². The number of hydrogen-bond acceptors (Lipinski definition) is 2. The van der Waals surface area contributed by atoms with E-state index < -0.39 is 0 Å². The number of likely N-dealkylation sites (N-methyl/N-ethyl adjacent to an activating group) is 1. The van der Waals surface area contributed by atoms with Crippen LogP contribution in [0.2, 0.25) is 0 Å². The number of hydrogen-bond donors (Lipinski definition) is 1. The Balaban J connectivity index is 3.79. The Morgan fingerprint density at radius 3 is 2.29 bits per heavy atom. The van der Waals surface area contributed by atoms with Gasteiger partial charge in [0.15, 0.2) is 0 Å². The summed E-state index contributed by atoms with van der Waals surface area (Å²) in [6.45, 7) is 6.54. The summed E-state index contributed by atoms with van der Waals surface area (Å²) in [6.07, 6.45) is 6.50. The van der Waals surface area contributed by atoms with Gasteiger partial charge in [0.1, 0.15) is 0 Å². The molecule has 0 rings (SSSR count). The molecular formula is C12H27NO. The molecular weight excluding hydrogens is 174 g/mol. The van der Waals surface area contributed by atoms with Crippen molar-refractivity contribution in [3.05, 3.63) is 0 Å². The molecule has 86 valence electrons. The topological polar surface area (TPSA) is 21.3 Å². The molecule has 0 aromatic rings. The second-order valence-electron chi connectivity index (χ2n) is 4.50. The molecule has 0 heterocycles. The van der Waals surface area contributed by atoms with Gasteiger partial charge in [0.05, 0.1) is 5.60 Å². The lowest BCUT2D eigenvalue weighted by atomic mass is 9.93. The smallest absolute Gasteiger partial charge is 0.0774 e. The fraction of sp³-hybridized carbons (Fsp3) is 1.00. The second kappa shape index (κ2) is 7.24. The van der Waals surface area contributed by atoms with Crippen LogP contribution in [0.25, 0.3) is 0 Å². The molecule has 0 aromatic carbocycles. The number of ether oxygens (including phenoxy) is 1. The SMILES string of the molecule is CCCCCCC(NC)C(C)(C)OC. The van der Waals surface area contributed by atoms with Crippen LogP contribution in [0.5, 0.6) is 0 Å². The third-order valence-corrected chi connectivity index (χ3v) is 3.06. The van der Waals surface area contributed by atoms with Gasteiger partial charge < -0.3 is 10.1 Å². The van der Waals surface area contributed by atoms with Crippen LogP contribution in [0.15, 0.2) is 0 Å². The molecule has 0 aliphatic heterocycles. The number of rotatable bonds is 8. The van der Waals surface area contributed by atoms with E-state index in [0.29, 0.717) is 6.04 Å². The standard InChI is InChI=1S/C12H27NO/c1-6-7-8-9-10-11(13-4)12(2,3)14-5/h11,13H,6-10H2,1-5H3. The van der Waals surface area contributed by atoms with Gasteiger partial charge in [-0.05, 0) is 27.3 Å². The van der Waals surface area contributed by atoms with E-state index in [-0.39, 0.29) is 5.60 Å². The minimum absolute atomic E-state index is 0.0546. The molecule has 0 fully saturated rings. The molecule has 0 bridgehead atoms. The Bertz CT molecular complexity index is 134. The third kappa shape index (κ3) is 4.97. The van der Waals surface area contributed by atoms with E-state index in [9.17, 15) is 0 Å². The lowest BCUT2D eigenvalue weighted by Crippen LogP contribution is -2.46. The predicted octanol–water partition coefficient (Wildman–Crippen LogP) is 2.97. The van der Waals surface area contributed by atoms with Gasteiger partial charge in [0.25, 0.3) is 0 Å². The van der Waals surface area contributed by atoms with Crippen LogP contribution in [0, 0.1) is 0 Å². The molecule has 0 spiro atoms. The monoisotopic (exact) mass is 201 g/mol. The van der Waals surface area contributed by atoms with Crippen molar-refractivity contribution in [3.63, 3.8) is 0 Å². The molecule has 1 atom stereocenters. The van der Waals surface area contributed by atoms with Crippen LogP contribution in [-0.2, 0) is 4.74 Å². The van der Waals surface area contributed by atoms with Gasteiger partial charge >= 0.3 is 0 Å². The van der Waals surface area contributed by atoms with E-state index in [1.165, 1.54) is 32.1 Å². The molecule has 0 amide bonds. The molecule has 1 unspecified atom stereocenters. The van der Waals surface area contributed by atoms with E-state index >= 15 is 0 Å². The maximum absolute atomic E-state index is 5.49. The summed E-state index contributed by atoms with van der Waals surface area (Å²) in [5.74, 6) is 0. The van der Waals surface area contributed by atoms with Gasteiger partial charge in [-0.1, -0.05) is 32.6 Å². The number of methoxy groups -OCH3 is 1. The lowest BCUT2D eigenvalue weighted by molar-refractivity contribution is -0.0110. The molecule has 0 saturated heterocycles. The molecule has 0 aliphatic rings. The largest absolute Gasteiger partial charge is 0.377 e. The van der Waals surface area contributed by atoms with Crippen molar-refractivity contribution < 1.29 is 4.74 Å². The minimum Gasteiger partial charge on any atom is -0.377 e. The molecule has 14 heavy (non-hydrogen) atoms. The third-order valence-electron chi connectivity index (χ3n) is 3.06. The van der Waals surface area contributed by atoms with Gasteiger partial charge in [-0.15, -0.1) is 0 Å². The molecule has 1 N–H and O–H groups in total. The maximum Gasteiger partial charge on any atom is 0.0774 e. The van der Waals surface area contributed by atoms with Crippen LogP contribution in [0.3, 0.4) is 0 Å². The van der Waals surface area contributed by atoms with Crippen LogP contribution >= 0.6 is 0 Å². The molecule has 2 nitrogen and oxygen atoms in total. The summed E-state index contributed by atoms with van der Waals surface area (Å²) < 4.78 is 5.49. The zero-order valence-electron chi connectivity index (χ0n) is 10.5. The van der Waals surface area contributed by atoms with Gasteiger partial charge in [-0.3, -0.25) is 0 Å². The fourth-order valence-electron chi connectivity index (χ4n) is 1.76. The molecule has 0 aromatic heterocycles. The van der Waals surface area contributed by atoms with E-state index in [1.807, 2.05) is 7.05 Å². The summed E-state index contributed by atoms with van der Waals surface area (Å²) in [7, 11) is 3.81. The Kier molecular flexibility index (Phi) is 7.20. The summed E-state index contributed by atoms with van der Waals surface area (Å²) in [5.41, 5.74) is -0.0546. The first kappa shape index (κ1) is 13.9. The van der Waals surface area contributed by atoms with E-state index in [0.717, 1.165) is 0 Å². The van der Waals surface area contributed by atoms with Crippen LogP contribution in [0.4, 0.5) is 0 Å². The highest BCUT2D eigenvalue weighted by Crippen LogP contribution is 2.18. The average Bonchev–Trinajstić information content (AvgIpc) is 2.17. The van der Waals surface area contributed by atoms with E-state index in [1.54, 1.807) is 7.11 Å². The highest BCUT2D eigenvalue weighted by Gasteiger charge is 2.26. The number of nitrogens with one attached hydrogen (secondary N) is 1. The Morgan fingerprint density at radius 2 is 1.86 bits per heavy atom. The fourth-order valence-corrected chi connectivity index (χ4v) is 1.76. The van der Waals surface area contributed by atoms with Crippen molar-refractivity contribution in [1.29, 1.82) is 0 Å². The molecule has 0 aliphatic carbocycles. The first-order valence-corrected chi connectivity index (χ1v) is 5.81. The van der Waals surface area contributed by atoms with Gasteiger partial charge in [-0.25, -0.2) is 0 Å². The highest BCUT2D eigenvalue weighted by atomic mass is 16.5. The predicted molar refractivity (Wildman–Crippen MR) is 62.7 cm³/mol. The normalized spacial score (nSPS) is 14.4. The van der Waals surface area contributed by atoms with Crippen molar-refractivity contribution >= 4 is 0 Å². The zero-order valence-corrected chi connectivity index (χ0v) is 10.5. The molecule has 0 radical (unpaired) electrons. The Labute approximate surface area is 89.4 Å². The summed E-state index contributed by atoms with van der Waals surface area (Å²) in [4.78, 5) is 0. The van der Waals surface area contributed by atoms with Crippen molar-refractivity contribution in [2.24, 2.45) is 0 Å². The molecule has 2 heteroatoms. The van der Waals surface area contributed by atoms with Crippen molar-refractivity contribution in [1.82, 2.24) is 5.32 Å². The quantitative estimate of drug-likeness (QED) is 0.610. The Hall–Kier alpha value is -0.0800. The molecule has 0 saturated carbocycles. The minimum atomic E-state index is -0.0546. The van der Waals surface area contributed by atoms with Crippen molar-refractivity contribution in [3.8, 4) is 0 Å². The number of unbranched alkanes of at least 4 members (excludes halogenated alkanes) is 3.